The highest BCUT2D eigenvalue weighted by Gasteiger charge is 2.44. The average molecular weight is 371 g/mol. The summed E-state index contributed by atoms with van der Waals surface area (Å²) in [4.78, 5) is 4.54. The molecule has 19 heavy (non-hydrogen) atoms. The van der Waals surface area contributed by atoms with Crippen molar-refractivity contribution < 1.29 is 0 Å². The molecule has 0 radical (unpaired) electrons. The van der Waals surface area contributed by atoms with Crippen molar-refractivity contribution >= 4 is 29.9 Å². The Bertz CT molecular complexity index is 476. The number of nitrogens with two attached hydrogens (primary N) is 1. The van der Waals surface area contributed by atoms with Gasteiger partial charge in [-0.05, 0) is 43.7 Å². The van der Waals surface area contributed by atoms with Crippen molar-refractivity contribution in [3.05, 3.63) is 35.4 Å². The Morgan fingerprint density at radius 1 is 1.37 bits per heavy atom. The van der Waals surface area contributed by atoms with E-state index in [2.05, 4.69) is 41.5 Å². The molecular weight excluding hydrogens is 349 g/mol. The number of rotatable bonds is 4. The summed E-state index contributed by atoms with van der Waals surface area (Å²) >= 11 is 0. The van der Waals surface area contributed by atoms with Crippen molar-refractivity contribution in [2.75, 3.05) is 6.54 Å². The third-order valence-electron chi connectivity index (χ3n) is 4.05. The van der Waals surface area contributed by atoms with Gasteiger partial charge in [0.05, 0.1) is 6.54 Å². The third kappa shape index (κ3) is 3.41. The minimum Gasteiger partial charge on any atom is -0.370 e. The van der Waals surface area contributed by atoms with Gasteiger partial charge in [0.25, 0.3) is 0 Å². The van der Waals surface area contributed by atoms with Gasteiger partial charge in [0, 0.05) is 11.5 Å². The Kier molecular flexibility index (Phi) is 4.38. The van der Waals surface area contributed by atoms with Crippen LogP contribution in [0.15, 0.2) is 29.3 Å². The maximum absolute atomic E-state index is 5.90. The SMILES string of the molecule is Cc1ccccc1C1(CN=C(N)NC2CC2)CC1.I. The van der Waals surface area contributed by atoms with Gasteiger partial charge in [-0.3, -0.25) is 4.99 Å². The maximum atomic E-state index is 5.90. The number of hydrogen-bond donors (Lipinski definition) is 2. The standard InChI is InChI=1S/C15H21N3.HI/c1-11-4-2-3-5-13(11)15(8-9-15)10-17-14(16)18-12-6-7-12;/h2-5,12H,6-10H2,1H3,(H3,16,17,18);1H. The molecule has 0 aromatic heterocycles. The van der Waals surface area contributed by atoms with Crippen molar-refractivity contribution in [1.82, 2.24) is 5.32 Å². The zero-order chi connectivity index (χ0) is 12.6. The first-order valence-corrected chi connectivity index (χ1v) is 6.82. The summed E-state index contributed by atoms with van der Waals surface area (Å²) in [7, 11) is 0. The molecule has 2 saturated carbocycles. The molecule has 3 N–H and O–H groups in total. The molecule has 0 saturated heterocycles. The molecular formula is C15H22IN3. The Hall–Kier alpha value is -0.780. The number of halogens is 1. The molecule has 3 rings (SSSR count). The molecule has 0 spiro atoms. The highest BCUT2D eigenvalue weighted by molar-refractivity contribution is 14.0. The van der Waals surface area contributed by atoms with Gasteiger partial charge < -0.3 is 11.1 Å². The van der Waals surface area contributed by atoms with E-state index >= 15 is 0 Å². The van der Waals surface area contributed by atoms with Crippen LogP contribution in [0.3, 0.4) is 0 Å². The lowest BCUT2D eigenvalue weighted by Crippen LogP contribution is -2.34. The van der Waals surface area contributed by atoms with E-state index in [4.69, 9.17) is 5.73 Å². The molecule has 0 unspecified atom stereocenters. The molecule has 0 aliphatic heterocycles. The number of aryl methyl sites for hydroxylation is 1. The zero-order valence-electron chi connectivity index (χ0n) is 11.4. The molecule has 0 atom stereocenters. The summed E-state index contributed by atoms with van der Waals surface area (Å²) in [6, 6.07) is 9.23. The van der Waals surface area contributed by atoms with E-state index in [-0.39, 0.29) is 29.4 Å². The maximum Gasteiger partial charge on any atom is 0.188 e. The normalized spacial score (nSPS) is 20.6. The van der Waals surface area contributed by atoms with Crippen LogP contribution in [0.5, 0.6) is 0 Å². The Morgan fingerprint density at radius 3 is 2.63 bits per heavy atom. The average Bonchev–Trinajstić information content (AvgIpc) is 3.23. The van der Waals surface area contributed by atoms with Crippen molar-refractivity contribution in [3.63, 3.8) is 0 Å². The number of hydrogen-bond acceptors (Lipinski definition) is 1. The first kappa shape index (κ1) is 14.6. The van der Waals surface area contributed by atoms with Gasteiger partial charge in [-0.25, -0.2) is 0 Å². The Morgan fingerprint density at radius 2 is 2.05 bits per heavy atom. The van der Waals surface area contributed by atoms with Crippen molar-refractivity contribution in [3.8, 4) is 0 Å². The van der Waals surface area contributed by atoms with Crippen LogP contribution >= 0.6 is 24.0 Å². The van der Waals surface area contributed by atoms with Gasteiger partial charge in [-0.15, -0.1) is 24.0 Å². The van der Waals surface area contributed by atoms with Gasteiger partial charge in [0.15, 0.2) is 5.96 Å². The van der Waals surface area contributed by atoms with Crippen molar-refractivity contribution in [1.29, 1.82) is 0 Å². The summed E-state index contributed by atoms with van der Waals surface area (Å²) < 4.78 is 0. The molecule has 0 amide bonds. The van der Waals surface area contributed by atoms with E-state index in [1.54, 1.807) is 0 Å². The lowest BCUT2D eigenvalue weighted by molar-refractivity contribution is 0.694. The number of nitrogens with zero attached hydrogens (tertiary/aromatic N) is 1. The van der Waals surface area contributed by atoms with Crippen LogP contribution in [-0.4, -0.2) is 18.5 Å². The van der Waals surface area contributed by atoms with Gasteiger partial charge in [0.1, 0.15) is 0 Å². The molecule has 4 heteroatoms. The predicted octanol–water partition coefficient (Wildman–Crippen LogP) is 2.71. The summed E-state index contributed by atoms with van der Waals surface area (Å²) in [5.74, 6) is 0.623. The predicted molar refractivity (Wildman–Crippen MR) is 90.2 cm³/mol. The van der Waals surface area contributed by atoms with Crippen LogP contribution in [0.2, 0.25) is 0 Å². The van der Waals surface area contributed by atoms with E-state index in [9.17, 15) is 0 Å². The highest BCUT2D eigenvalue weighted by atomic mass is 127. The first-order chi connectivity index (χ1) is 8.70. The highest BCUT2D eigenvalue weighted by Crippen LogP contribution is 2.49. The van der Waals surface area contributed by atoms with Gasteiger partial charge in [-0.2, -0.15) is 0 Å². The van der Waals surface area contributed by atoms with Crippen molar-refractivity contribution in [2.45, 2.75) is 44.1 Å². The minimum absolute atomic E-state index is 0. The van der Waals surface area contributed by atoms with E-state index in [1.165, 1.54) is 36.8 Å². The van der Waals surface area contributed by atoms with E-state index in [0.717, 1.165) is 6.54 Å². The molecule has 0 bridgehead atoms. The first-order valence-electron chi connectivity index (χ1n) is 6.82. The van der Waals surface area contributed by atoms with Gasteiger partial charge in [-0.1, -0.05) is 24.3 Å². The van der Waals surface area contributed by atoms with E-state index < -0.39 is 0 Å². The van der Waals surface area contributed by atoms with Crippen LogP contribution in [0, 0.1) is 6.92 Å². The van der Waals surface area contributed by atoms with Crippen LogP contribution < -0.4 is 11.1 Å². The number of nitrogens with one attached hydrogen (secondary N) is 1. The third-order valence-corrected chi connectivity index (χ3v) is 4.05. The van der Waals surface area contributed by atoms with Crippen molar-refractivity contribution in [2.24, 2.45) is 10.7 Å². The molecule has 104 valence electrons. The molecule has 0 heterocycles. The monoisotopic (exact) mass is 371 g/mol. The molecule has 1 aromatic rings. The van der Waals surface area contributed by atoms with Crippen LogP contribution in [0.1, 0.15) is 36.8 Å². The Labute approximate surface area is 132 Å². The zero-order valence-corrected chi connectivity index (χ0v) is 13.7. The second-order valence-corrected chi connectivity index (χ2v) is 5.72. The number of guanidine groups is 1. The summed E-state index contributed by atoms with van der Waals surface area (Å²) in [6.07, 6.45) is 4.94. The lowest BCUT2D eigenvalue weighted by Gasteiger charge is -2.16. The fourth-order valence-electron chi connectivity index (χ4n) is 2.55. The summed E-state index contributed by atoms with van der Waals surface area (Å²) in [5.41, 5.74) is 9.00. The van der Waals surface area contributed by atoms with Gasteiger partial charge in [0.2, 0.25) is 0 Å². The fourth-order valence-corrected chi connectivity index (χ4v) is 2.55. The van der Waals surface area contributed by atoms with Crippen LogP contribution in [-0.2, 0) is 5.41 Å². The van der Waals surface area contributed by atoms with E-state index in [0.29, 0.717) is 12.0 Å². The second-order valence-electron chi connectivity index (χ2n) is 5.72. The summed E-state index contributed by atoms with van der Waals surface area (Å²) in [6.45, 7) is 3.01. The molecule has 2 aliphatic carbocycles. The summed E-state index contributed by atoms with van der Waals surface area (Å²) in [5, 5.41) is 3.25. The number of aliphatic imine (C=N–C) groups is 1. The second kappa shape index (κ2) is 5.69. The van der Waals surface area contributed by atoms with E-state index in [1.807, 2.05) is 0 Å². The topological polar surface area (TPSA) is 50.4 Å². The molecule has 1 aromatic carbocycles. The van der Waals surface area contributed by atoms with Crippen LogP contribution in [0.25, 0.3) is 0 Å². The molecule has 2 aliphatic rings. The quantitative estimate of drug-likeness (QED) is 0.486. The van der Waals surface area contributed by atoms with Crippen LogP contribution in [0.4, 0.5) is 0 Å². The number of benzene rings is 1. The smallest absolute Gasteiger partial charge is 0.188 e. The largest absolute Gasteiger partial charge is 0.370 e. The minimum atomic E-state index is 0. The van der Waals surface area contributed by atoms with Gasteiger partial charge >= 0.3 is 0 Å². The molecule has 2 fully saturated rings. The molecule has 3 nitrogen and oxygen atoms in total. The Balaban J connectivity index is 0.00000133. The lowest BCUT2D eigenvalue weighted by atomic mass is 9.92. The fraction of sp³-hybridized carbons (Fsp3) is 0.533.